The summed E-state index contributed by atoms with van der Waals surface area (Å²) in [6.07, 6.45) is 4.71. The molecule has 1 amide bonds. The Labute approximate surface area is 184 Å². The van der Waals surface area contributed by atoms with Crippen molar-refractivity contribution in [2.24, 2.45) is 9.98 Å². The van der Waals surface area contributed by atoms with Crippen molar-refractivity contribution in [1.29, 1.82) is 0 Å². The molecule has 1 unspecified atom stereocenters. The van der Waals surface area contributed by atoms with E-state index in [1.165, 1.54) is 12.1 Å². The zero-order valence-electron chi connectivity index (χ0n) is 17.8. The number of aliphatic imine (C=N–C) groups is 2. The van der Waals surface area contributed by atoms with Gasteiger partial charge in [-0.1, -0.05) is 18.2 Å². The molecule has 0 spiro atoms. The predicted molar refractivity (Wildman–Crippen MR) is 119 cm³/mol. The Morgan fingerprint density at radius 3 is 2.72 bits per heavy atom. The molecule has 0 aliphatic carbocycles. The summed E-state index contributed by atoms with van der Waals surface area (Å²) in [7, 11) is 1.62. The number of benzene rings is 2. The number of hydrogen-bond acceptors (Lipinski definition) is 5. The second-order valence-corrected chi connectivity index (χ2v) is 7.88. The van der Waals surface area contributed by atoms with Crippen molar-refractivity contribution in [2.75, 3.05) is 13.7 Å². The van der Waals surface area contributed by atoms with Gasteiger partial charge in [-0.05, 0) is 48.7 Å². The van der Waals surface area contributed by atoms with Gasteiger partial charge in [-0.2, -0.15) is 0 Å². The number of aryl methyl sites for hydroxylation is 1. The summed E-state index contributed by atoms with van der Waals surface area (Å²) in [5.41, 5.74) is 4.01. The Balaban J connectivity index is 1.40. The van der Waals surface area contributed by atoms with E-state index in [-0.39, 0.29) is 17.8 Å². The number of rotatable bonds is 5. The highest BCUT2D eigenvalue weighted by molar-refractivity contribution is 6.47. The number of fused-ring (bicyclic) bond motifs is 1. The summed E-state index contributed by atoms with van der Waals surface area (Å²) in [5.74, 6) is 0.658. The summed E-state index contributed by atoms with van der Waals surface area (Å²) in [6, 6.07) is 11.9. The summed E-state index contributed by atoms with van der Waals surface area (Å²) >= 11 is 0. The van der Waals surface area contributed by atoms with Crippen molar-refractivity contribution in [2.45, 2.75) is 25.8 Å². The van der Waals surface area contributed by atoms with Crippen LogP contribution in [-0.2, 0) is 11.2 Å². The number of carbonyl (C=O) groups is 1. The zero-order valence-corrected chi connectivity index (χ0v) is 17.8. The fraction of sp³-hybridized carbons (Fsp3) is 0.250. The van der Waals surface area contributed by atoms with E-state index in [1.807, 2.05) is 35.9 Å². The second kappa shape index (κ2) is 8.03. The molecule has 0 fully saturated rings. The van der Waals surface area contributed by atoms with Gasteiger partial charge in [0.25, 0.3) is 5.91 Å². The molecule has 2 aliphatic rings. The predicted octanol–water partition coefficient (Wildman–Crippen LogP) is 3.66. The maximum Gasteiger partial charge on any atom is 0.276 e. The van der Waals surface area contributed by atoms with E-state index >= 15 is 0 Å². The van der Waals surface area contributed by atoms with E-state index in [0.717, 1.165) is 22.5 Å². The molecule has 0 N–H and O–H groups in total. The lowest BCUT2D eigenvalue weighted by molar-refractivity contribution is -0.122. The van der Waals surface area contributed by atoms with Gasteiger partial charge in [0.15, 0.2) is 0 Å². The van der Waals surface area contributed by atoms with Gasteiger partial charge in [-0.3, -0.25) is 14.7 Å². The minimum atomic E-state index is -0.300. The molecule has 7 nitrogen and oxygen atoms in total. The van der Waals surface area contributed by atoms with E-state index < -0.39 is 0 Å². The standard InChI is InChI=1S/C24H22FN5O2/c1-15-13-29(14-27-15)21-8-3-16(12-22(21)32-2)11-19-23(31)30-20(9-10-26-24(30)28-19)17-4-6-18(25)7-5-17/h3-8,12-14,20H,9-11H2,1-2H3. The van der Waals surface area contributed by atoms with Crippen LogP contribution in [0.15, 0.2) is 65.0 Å². The molecule has 3 heterocycles. The van der Waals surface area contributed by atoms with Gasteiger partial charge in [0.2, 0.25) is 5.96 Å². The van der Waals surface area contributed by atoms with Crippen molar-refractivity contribution >= 4 is 17.6 Å². The topological polar surface area (TPSA) is 72.1 Å². The van der Waals surface area contributed by atoms with Crippen molar-refractivity contribution < 1.29 is 13.9 Å². The molecule has 0 saturated carbocycles. The van der Waals surface area contributed by atoms with Crippen LogP contribution in [0.5, 0.6) is 5.75 Å². The summed E-state index contributed by atoms with van der Waals surface area (Å²) in [4.78, 5) is 28.1. The van der Waals surface area contributed by atoms with Gasteiger partial charge in [0.1, 0.15) is 17.3 Å². The molecule has 2 aliphatic heterocycles. The number of ether oxygens (including phenoxy) is 1. The molecule has 1 aromatic heterocycles. The van der Waals surface area contributed by atoms with Crippen molar-refractivity contribution in [1.82, 2.24) is 14.5 Å². The number of methoxy groups -OCH3 is 1. The average Bonchev–Trinajstić information content (AvgIpc) is 3.37. The molecule has 0 radical (unpaired) electrons. The molecule has 32 heavy (non-hydrogen) atoms. The highest BCUT2D eigenvalue weighted by atomic mass is 19.1. The molecule has 162 valence electrons. The third-order valence-corrected chi connectivity index (χ3v) is 5.74. The normalized spacial score (nSPS) is 17.8. The second-order valence-electron chi connectivity index (χ2n) is 7.88. The maximum atomic E-state index is 13.4. The summed E-state index contributed by atoms with van der Waals surface area (Å²) in [6.45, 7) is 2.50. The molecule has 2 aromatic carbocycles. The van der Waals surface area contributed by atoms with Crippen molar-refractivity contribution in [3.8, 4) is 11.4 Å². The summed E-state index contributed by atoms with van der Waals surface area (Å²) < 4.78 is 20.8. The van der Waals surface area contributed by atoms with Crippen LogP contribution in [-0.4, -0.2) is 45.7 Å². The first-order chi connectivity index (χ1) is 15.5. The van der Waals surface area contributed by atoms with Gasteiger partial charge >= 0.3 is 0 Å². The van der Waals surface area contributed by atoms with Crippen LogP contribution in [0.4, 0.5) is 4.39 Å². The summed E-state index contributed by atoms with van der Waals surface area (Å²) in [5, 5.41) is 0. The fourth-order valence-electron chi connectivity index (χ4n) is 4.17. The Hall–Kier alpha value is -3.81. The van der Waals surface area contributed by atoms with Gasteiger partial charge < -0.3 is 9.30 Å². The van der Waals surface area contributed by atoms with Crippen LogP contribution in [0.1, 0.15) is 29.3 Å². The van der Waals surface area contributed by atoms with Crippen LogP contribution in [0.2, 0.25) is 0 Å². The van der Waals surface area contributed by atoms with Crippen LogP contribution in [0.25, 0.3) is 5.69 Å². The van der Waals surface area contributed by atoms with E-state index in [4.69, 9.17) is 4.74 Å². The van der Waals surface area contributed by atoms with Crippen LogP contribution in [0, 0.1) is 12.7 Å². The number of imidazole rings is 1. The Morgan fingerprint density at radius 1 is 1.19 bits per heavy atom. The van der Waals surface area contributed by atoms with E-state index in [2.05, 4.69) is 15.0 Å². The highest BCUT2D eigenvalue weighted by Gasteiger charge is 2.39. The maximum absolute atomic E-state index is 13.4. The quantitative estimate of drug-likeness (QED) is 0.619. The van der Waals surface area contributed by atoms with Crippen molar-refractivity contribution in [3.05, 3.63) is 77.6 Å². The average molecular weight is 431 g/mol. The lowest BCUT2D eigenvalue weighted by Gasteiger charge is -2.30. The number of halogens is 1. The molecule has 3 aromatic rings. The van der Waals surface area contributed by atoms with Gasteiger partial charge in [-0.15, -0.1) is 0 Å². The Kier molecular flexibility index (Phi) is 5.05. The third-order valence-electron chi connectivity index (χ3n) is 5.74. The van der Waals surface area contributed by atoms with E-state index in [0.29, 0.717) is 36.8 Å². The SMILES string of the molecule is COc1cc(CC2=NC3=NCCC(c4ccc(F)cc4)N3C2=O)ccc1-n1cnc(C)c1. The van der Waals surface area contributed by atoms with Crippen LogP contribution < -0.4 is 4.74 Å². The number of aromatic nitrogens is 2. The van der Waals surface area contributed by atoms with Gasteiger partial charge in [-0.25, -0.2) is 14.4 Å². The number of hydrogen-bond donors (Lipinski definition) is 0. The molecule has 8 heteroatoms. The number of nitrogens with zero attached hydrogens (tertiary/aromatic N) is 5. The third kappa shape index (κ3) is 3.57. The van der Waals surface area contributed by atoms with Crippen LogP contribution in [0.3, 0.4) is 0 Å². The first-order valence-electron chi connectivity index (χ1n) is 10.4. The first-order valence-corrected chi connectivity index (χ1v) is 10.4. The zero-order chi connectivity index (χ0) is 22.2. The van der Waals surface area contributed by atoms with Gasteiger partial charge in [0, 0.05) is 19.2 Å². The lowest BCUT2D eigenvalue weighted by Crippen LogP contribution is -2.40. The number of carbonyl (C=O) groups excluding carboxylic acids is 1. The number of amides is 1. The minimum absolute atomic E-state index is 0.161. The lowest BCUT2D eigenvalue weighted by atomic mass is 10.00. The molecular weight excluding hydrogens is 409 g/mol. The fourth-order valence-corrected chi connectivity index (χ4v) is 4.17. The minimum Gasteiger partial charge on any atom is -0.495 e. The van der Waals surface area contributed by atoms with E-state index in [9.17, 15) is 9.18 Å². The van der Waals surface area contributed by atoms with E-state index in [1.54, 1.807) is 30.5 Å². The Morgan fingerprint density at radius 2 is 2.00 bits per heavy atom. The smallest absolute Gasteiger partial charge is 0.276 e. The van der Waals surface area contributed by atoms with Crippen LogP contribution >= 0.6 is 0 Å². The molecular formula is C24H22FN5O2. The largest absolute Gasteiger partial charge is 0.495 e. The number of guanidine groups is 1. The molecule has 0 bridgehead atoms. The monoisotopic (exact) mass is 431 g/mol. The first kappa shape index (κ1) is 20.1. The molecule has 5 rings (SSSR count). The van der Waals surface area contributed by atoms with Crippen molar-refractivity contribution in [3.63, 3.8) is 0 Å². The van der Waals surface area contributed by atoms with Gasteiger partial charge in [0.05, 0.1) is 30.9 Å². The Bertz CT molecular complexity index is 1250. The highest BCUT2D eigenvalue weighted by Crippen LogP contribution is 2.32. The molecule has 1 atom stereocenters. The molecule has 0 saturated heterocycles.